The monoisotopic (exact) mass is 183 g/mol. The van der Waals surface area contributed by atoms with E-state index >= 15 is 0 Å². The Labute approximate surface area is 76.4 Å². The summed E-state index contributed by atoms with van der Waals surface area (Å²) < 4.78 is 4.64. The van der Waals surface area contributed by atoms with Gasteiger partial charge in [-0.1, -0.05) is 0 Å². The fourth-order valence-corrected chi connectivity index (χ4v) is 2.68. The minimum atomic E-state index is -0.348. The molecule has 4 heteroatoms. The van der Waals surface area contributed by atoms with Crippen LogP contribution in [-0.2, 0) is 14.3 Å². The number of methoxy groups -OCH3 is 1. The van der Waals surface area contributed by atoms with Gasteiger partial charge in [0.2, 0.25) is 5.91 Å². The Balaban J connectivity index is 2.05. The maximum absolute atomic E-state index is 11.2. The van der Waals surface area contributed by atoms with Gasteiger partial charge in [-0.05, 0) is 25.2 Å². The Kier molecular flexibility index (Phi) is 1.62. The lowest BCUT2D eigenvalue weighted by Crippen LogP contribution is -2.63. The predicted molar refractivity (Wildman–Crippen MR) is 44.5 cm³/mol. The first-order valence-corrected chi connectivity index (χ1v) is 4.49. The highest BCUT2D eigenvalue weighted by atomic mass is 16.5. The van der Waals surface area contributed by atoms with Crippen LogP contribution >= 0.6 is 0 Å². The second kappa shape index (κ2) is 2.47. The third-order valence-electron chi connectivity index (χ3n) is 3.68. The molecule has 0 aromatic rings. The fraction of sp³-hybridized carbons (Fsp3) is 0.778. The molecule has 0 radical (unpaired) electrons. The van der Waals surface area contributed by atoms with Crippen LogP contribution in [0.25, 0.3) is 0 Å². The molecular formula is C9H13NO3. The van der Waals surface area contributed by atoms with E-state index in [2.05, 4.69) is 4.74 Å². The summed E-state index contributed by atoms with van der Waals surface area (Å²) in [6.45, 7) is 0. The van der Waals surface area contributed by atoms with E-state index in [1.54, 1.807) is 0 Å². The molecule has 0 saturated heterocycles. The molecule has 1 amide bonds. The van der Waals surface area contributed by atoms with Crippen molar-refractivity contribution >= 4 is 11.9 Å². The van der Waals surface area contributed by atoms with Crippen molar-refractivity contribution < 1.29 is 14.3 Å². The Morgan fingerprint density at radius 1 is 1.54 bits per heavy atom. The van der Waals surface area contributed by atoms with Gasteiger partial charge >= 0.3 is 5.97 Å². The fourth-order valence-electron chi connectivity index (χ4n) is 2.68. The van der Waals surface area contributed by atoms with Crippen molar-refractivity contribution in [3.05, 3.63) is 0 Å². The number of carbonyl (C=O) groups excluding carboxylic acids is 2. The average Bonchev–Trinajstić information content (AvgIpc) is 2.07. The van der Waals surface area contributed by atoms with E-state index in [0.29, 0.717) is 6.42 Å². The van der Waals surface area contributed by atoms with Gasteiger partial charge in [0.1, 0.15) is 0 Å². The summed E-state index contributed by atoms with van der Waals surface area (Å²) in [7, 11) is 1.38. The molecule has 3 atom stereocenters. The minimum Gasteiger partial charge on any atom is -0.469 e. The van der Waals surface area contributed by atoms with Crippen LogP contribution in [-0.4, -0.2) is 19.0 Å². The smallest absolute Gasteiger partial charge is 0.309 e. The van der Waals surface area contributed by atoms with Crippen molar-refractivity contribution in [1.82, 2.24) is 0 Å². The standard InChI is InChI=1S/C9H13NO3/c1-13-7(11)5-4-9(8(10)12)3-2-6(5)9/h5-6H,2-4H2,1H3,(H2,10,12). The van der Waals surface area contributed by atoms with E-state index in [1.807, 2.05) is 0 Å². The number of fused-ring (bicyclic) bond motifs is 1. The van der Waals surface area contributed by atoms with Crippen LogP contribution in [0.1, 0.15) is 19.3 Å². The molecule has 0 aromatic carbocycles. The van der Waals surface area contributed by atoms with Crippen molar-refractivity contribution in [3.63, 3.8) is 0 Å². The number of amides is 1. The third kappa shape index (κ3) is 0.857. The normalized spacial score (nSPS) is 41.0. The van der Waals surface area contributed by atoms with E-state index in [0.717, 1.165) is 12.8 Å². The van der Waals surface area contributed by atoms with E-state index in [9.17, 15) is 9.59 Å². The van der Waals surface area contributed by atoms with Gasteiger partial charge in [-0.2, -0.15) is 0 Å². The van der Waals surface area contributed by atoms with Crippen LogP contribution in [0, 0.1) is 17.3 Å². The lowest BCUT2D eigenvalue weighted by atomic mass is 9.42. The molecule has 2 rings (SSSR count). The molecule has 2 aliphatic rings. The maximum Gasteiger partial charge on any atom is 0.309 e. The number of ether oxygens (including phenoxy) is 1. The highest BCUT2D eigenvalue weighted by Crippen LogP contribution is 2.64. The zero-order chi connectivity index (χ0) is 9.64. The first-order chi connectivity index (χ1) is 6.12. The molecule has 72 valence electrons. The lowest BCUT2D eigenvalue weighted by Gasteiger charge is -2.59. The topological polar surface area (TPSA) is 69.4 Å². The summed E-state index contributed by atoms with van der Waals surface area (Å²) in [5.74, 6) is -0.353. The van der Waals surface area contributed by atoms with Crippen molar-refractivity contribution in [3.8, 4) is 0 Å². The summed E-state index contributed by atoms with van der Waals surface area (Å²) in [5.41, 5.74) is 4.94. The van der Waals surface area contributed by atoms with E-state index < -0.39 is 0 Å². The number of rotatable bonds is 2. The number of nitrogens with two attached hydrogens (primary N) is 1. The van der Waals surface area contributed by atoms with Gasteiger partial charge < -0.3 is 10.5 Å². The Bertz CT molecular complexity index is 276. The van der Waals surface area contributed by atoms with Crippen LogP contribution in [0.5, 0.6) is 0 Å². The molecule has 4 nitrogen and oxygen atoms in total. The van der Waals surface area contributed by atoms with E-state index in [-0.39, 0.29) is 29.1 Å². The van der Waals surface area contributed by atoms with E-state index in [1.165, 1.54) is 7.11 Å². The molecular weight excluding hydrogens is 170 g/mol. The number of primary amides is 1. The first kappa shape index (κ1) is 8.53. The van der Waals surface area contributed by atoms with Gasteiger partial charge in [-0.3, -0.25) is 9.59 Å². The molecule has 0 aromatic heterocycles. The first-order valence-electron chi connectivity index (χ1n) is 4.49. The number of esters is 1. The summed E-state index contributed by atoms with van der Waals surface area (Å²) in [5, 5.41) is 0. The summed E-state index contributed by atoms with van der Waals surface area (Å²) in [6, 6.07) is 0. The van der Waals surface area contributed by atoms with Gasteiger partial charge in [-0.25, -0.2) is 0 Å². The van der Waals surface area contributed by atoms with Crippen molar-refractivity contribution in [1.29, 1.82) is 0 Å². The van der Waals surface area contributed by atoms with Crippen molar-refractivity contribution in [2.24, 2.45) is 23.0 Å². The second-order valence-corrected chi connectivity index (χ2v) is 4.00. The quantitative estimate of drug-likeness (QED) is 0.615. The van der Waals surface area contributed by atoms with E-state index in [4.69, 9.17) is 5.73 Å². The number of hydrogen-bond donors (Lipinski definition) is 1. The Hall–Kier alpha value is -1.06. The molecule has 13 heavy (non-hydrogen) atoms. The van der Waals surface area contributed by atoms with Crippen molar-refractivity contribution in [2.45, 2.75) is 19.3 Å². The molecule has 2 saturated carbocycles. The Morgan fingerprint density at radius 2 is 2.23 bits per heavy atom. The zero-order valence-corrected chi connectivity index (χ0v) is 7.58. The van der Waals surface area contributed by atoms with Gasteiger partial charge in [0, 0.05) is 0 Å². The van der Waals surface area contributed by atoms with Crippen molar-refractivity contribution in [2.75, 3.05) is 7.11 Å². The summed E-state index contributed by atoms with van der Waals surface area (Å²) in [4.78, 5) is 22.3. The largest absolute Gasteiger partial charge is 0.469 e. The van der Waals surface area contributed by atoms with Gasteiger partial charge in [0.25, 0.3) is 0 Å². The van der Waals surface area contributed by atoms with Gasteiger partial charge in [0.15, 0.2) is 0 Å². The molecule has 2 N–H and O–H groups in total. The van der Waals surface area contributed by atoms with Crippen LogP contribution in [0.3, 0.4) is 0 Å². The summed E-state index contributed by atoms with van der Waals surface area (Å²) >= 11 is 0. The maximum atomic E-state index is 11.2. The molecule has 2 fully saturated rings. The minimum absolute atomic E-state index is 0.0775. The molecule has 0 heterocycles. The Morgan fingerprint density at radius 3 is 2.54 bits per heavy atom. The van der Waals surface area contributed by atoms with Crippen LogP contribution < -0.4 is 5.73 Å². The van der Waals surface area contributed by atoms with Gasteiger partial charge in [-0.15, -0.1) is 0 Å². The van der Waals surface area contributed by atoms with Crippen LogP contribution in [0.15, 0.2) is 0 Å². The van der Waals surface area contributed by atoms with Crippen LogP contribution in [0.4, 0.5) is 0 Å². The predicted octanol–water partition coefficient (Wildman–Crippen LogP) is 0.0610. The van der Waals surface area contributed by atoms with Crippen LogP contribution in [0.2, 0.25) is 0 Å². The third-order valence-corrected chi connectivity index (χ3v) is 3.68. The molecule has 0 bridgehead atoms. The highest BCUT2D eigenvalue weighted by Gasteiger charge is 2.65. The average molecular weight is 183 g/mol. The molecule has 2 aliphatic carbocycles. The SMILES string of the molecule is COC(=O)C1CC2(C(N)=O)CCC12. The lowest BCUT2D eigenvalue weighted by molar-refractivity contribution is -0.187. The molecule has 0 spiro atoms. The molecule has 3 unspecified atom stereocenters. The molecule has 0 aliphatic heterocycles. The summed E-state index contributed by atoms with van der Waals surface area (Å²) in [6.07, 6.45) is 2.38. The number of carbonyl (C=O) groups is 2. The van der Waals surface area contributed by atoms with Gasteiger partial charge in [0.05, 0.1) is 18.4 Å². The zero-order valence-electron chi connectivity index (χ0n) is 7.58. The second-order valence-electron chi connectivity index (χ2n) is 4.00. The highest BCUT2D eigenvalue weighted by molar-refractivity contribution is 5.87. The number of hydrogen-bond acceptors (Lipinski definition) is 3.